The Hall–Kier alpha value is -2.73. The lowest BCUT2D eigenvalue weighted by Crippen LogP contribution is -2.36. The highest BCUT2D eigenvalue weighted by molar-refractivity contribution is 7.09. The molecule has 0 saturated carbocycles. The lowest BCUT2D eigenvalue weighted by Gasteiger charge is -2.26. The fourth-order valence-corrected chi connectivity index (χ4v) is 3.55. The number of aryl methyl sites for hydroxylation is 2. The number of benzene rings is 2. The lowest BCUT2D eigenvalue weighted by molar-refractivity contribution is 0.0688. The molecule has 0 fully saturated rings. The average Bonchev–Trinajstić information content (AvgIpc) is 3.14. The number of nitrogens with zero attached hydrogens (tertiary/aromatic N) is 2. The predicted molar refractivity (Wildman–Crippen MR) is 114 cm³/mol. The van der Waals surface area contributed by atoms with Gasteiger partial charge in [-0.1, -0.05) is 6.07 Å². The van der Waals surface area contributed by atoms with E-state index in [1.165, 1.54) is 46.7 Å². The van der Waals surface area contributed by atoms with E-state index in [1.54, 1.807) is 4.90 Å². The van der Waals surface area contributed by atoms with E-state index in [9.17, 15) is 9.18 Å². The van der Waals surface area contributed by atoms with E-state index in [-0.39, 0.29) is 17.8 Å². The number of aromatic nitrogens is 1. The largest absolute Gasteiger partial charge is 0.486 e. The molecule has 152 valence electrons. The molecule has 0 spiro atoms. The minimum absolute atomic E-state index is 0.00973. The Bertz CT molecular complexity index is 983. The van der Waals surface area contributed by atoms with Gasteiger partial charge in [0.1, 0.15) is 23.2 Å². The number of thiazole rings is 1. The van der Waals surface area contributed by atoms with E-state index >= 15 is 0 Å². The third kappa shape index (κ3) is 5.41. The normalized spacial score (nSPS) is 11.0. The van der Waals surface area contributed by atoms with Gasteiger partial charge in [-0.15, -0.1) is 11.3 Å². The van der Waals surface area contributed by atoms with Gasteiger partial charge in [0.2, 0.25) is 0 Å². The molecule has 0 aliphatic heterocycles. The van der Waals surface area contributed by atoms with Crippen LogP contribution >= 0.6 is 11.3 Å². The van der Waals surface area contributed by atoms with Crippen LogP contribution in [0.3, 0.4) is 0 Å². The van der Waals surface area contributed by atoms with Crippen molar-refractivity contribution in [3.8, 4) is 5.75 Å². The number of halogens is 1. The van der Waals surface area contributed by atoms with E-state index in [1.807, 2.05) is 37.4 Å². The van der Waals surface area contributed by atoms with Gasteiger partial charge < -0.3 is 9.64 Å². The fraction of sp³-hybridized carbons (Fsp3) is 0.304. The number of ether oxygens (including phenoxy) is 1. The molecule has 3 aromatic rings. The molecular weight excluding hydrogens is 387 g/mol. The number of amides is 1. The maximum absolute atomic E-state index is 13.2. The number of carbonyl (C=O) groups excluding carboxylic acids is 1. The molecule has 0 saturated heterocycles. The molecule has 1 amide bonds. The summed E-state index contributed by atoms with van der Waals surface area (Å²) in [4.78, 5) is 19.2. The first-order valence-electron chi connectivity index (χ1n) is 9.53. The molecule has 0 bridgehead atoms. The highest BCUT2D eigenvalue weighted by atomic mass is 32.1. The van der Waals surface area contributed by atoms with Gasteiger partial charge >= 0.3 is 0 Å². The summed E-state index contributed by atoms with van der Waals surface area (Å²) in [5, 5.41) is 2.81. The Balaban J connectivity index is 1.65. The molecule has 0 atom stereocenters. The SMILES string of the molecule is Cc1ccc(OCc2nc(CN(C(=O)c3ccc(F)cc3)C(C)C)cs2)cc1C. The highest BCUT2D eigenvalue weighted by Crippen LogP contribution is 2.20. The first-order chi connectivity index (χ1) is 13.8. The zero-order valence-electron chi connectivity index (χ0n) is 17.1. The molecule has 1 heterocycles. The van der Waals surface area contributed by atoms with Gasteiger partial charge in [-0.25, -0.2) is 9.37 Å². The molecule has 0 aliphatic carbocycles. The van der Waals surface area contributed by atoms with Crippen LogP contribution in [0.25, 0.3) is 0 Å². The summed E-state index contributed by atoms with van der Waals surface area (Å²) < 4.78 is 19.0. The zero-order valence-corrected chi connectivity index (χ0v) is 17.9. The third-order valence-electron chi connectivity index (χ3n) is 4.75. The second-order valence-electron chi connectivity index (χ2n) is 7.30. The van der Waals surface area contributed by atoms with Gasteiger partial charge in [-0.05, 0) is 75.2 Å². The number of carbonyl (C=O) groups is 1. The van der Waals surface area contributed by atoms with Gasteiger partial charge in [0, 0.05) is 17.0 Å². The van der Waals surface area contributed by atoms with Crippen molar-refractivity contribution in [2.24, 2.45) is 0 Å². The molecule has 0 N–H and O–H groups in total. The van der Waals surface area contributed by atoms with Crippen LogP contribution in [0.1, 0.15) is 46.0 Å². The van der Waals surface area contributed by atoms with Crippen molar-refractivity contribution in [1.29, 1.82) is 0 Å². The summed E-state index contributed by atoms with van der Waals surface area (Å²) in [6.07, 6.45) is 0. The molecule has 29 heavy (non-hydrogen) atoms. The molecule has 4 nitrogen and oxygen atoms in total. The second kappa shape index (κ2) is 9.18. The van der Waals surface area contributed by atoms with Gasteiger partial charge in [-0.3, -0.25) is 4.79 Å². The first kappa shape index (κ1) is 21.0. The summed E-state index contributed by atoms with van der Waals surface area (Å²) in [7, 11) is 0. The maximum atomic E-state index is 13.2. The van der Waals surface area contributed by atoms with E-state index in [2.05, 4.69) is 18.8 Å². The standard InChI is InChI=1S/C23H25FN2O2S/c1-15(2)26(23(27)18-6-8-19(24)9-7-18)12-20-14-29-22(25-20)13-28-21-10-5-16(3)17(4)11-21/h5-11,14-15H,12-13H2,1-4H3. The van der Waals surface area contributed by atoms with Crippen LogP contribution in [-0.2, 0) is 13.2 Å². The van der Waals surface area contributed by atoms with Crippen LogP contribution in [0.5, 0.6) is 5.75 Å². The predicted octanol–water partition coefficient (Wildman–Crippen LogP) is 5.53. The summed E-state index contributed by atoms with van der Waals surface area (Å²) in [6, 6.07) is 11.6. The van der Waals surface area contributed by atoms with Gasteiger partial charge in [-0.2, -0.15) is 0 Å². The van der Waals surface area contributed by atoms with Crippen molar-refractivity contribution in [1.82, 2.24) is 9.88 Å². The summed E-state index contributed by atoms with van der Waals surface area (Å²) in [6.45, 7) is 8.83. The zero-order chi connectivity index (χ0) is 21.0. The van der Waals surface area contributed by atoms with Crippen molar-refractivity contribution >= 4 is 17.2 Å². The Morgan fingerprint density at radius 3 is 2.52 bits per heavy atom. The van der Waals surface area contributed by atoms with E-state index < -0.39 is 0 Å². The van der Waals surface area contributed by atoms with Crippen LogP contribution in [-0.4, -0.2) is 21.8 Å². The quantitative estimate of drug-likeness (QED) is 0.512. The minimum Gasteiger partial charge on any atom is -0.486 e. The Morgan fingerprint density at radius 2 is 1.86 bits per heavy atom. The first-order valence-corrected chi connectivity index (χ1v) is 10.4. The Labute approximate surface area is 175 Å². The third-order valence-corrected chi connectivity index (χ3v) is 5.62. The van der Waals surface area contributed by atoms with Gasteiger partial charge in [0.15, 0.2) is 0 Å². The molecule has 0 unspecified atom stereocenters. The van der Waals surface area contributed by atoms with E-state index in [0.717, 1.165) is 16.5 Å². The van der Waals surface area contributed by atoms with Gasteiger partial charge in [0.25, 0.3) is 5.91 Å². The van der Waals surface area contributed by atoms with Crippen LogP contribution in [0.15, 0.2) is 47.8 Å². The molecule has 0 radical (unpaired) electrons. The Kier molecular flexibility index (Phi) is 6.64. The van der Waals surface area contributed by atoms with Crippen LogP contribution in [0, 0.1) is 19.7 Å². The highest BCUT2D eigenvalue weighted by Gasteiger charge is 2.20. The van der Waals surface area contributed by atoms with Crippen molar-refractivity contribution in [2.45, 2.75) is 46.9 Å². The summed E-state index contributed by atoms with van der Waals surface area (Å²) >= 11 is 1.52. The van der Waals surface area contributed by atoms with Crippen molar-refractivity contribution in [3.63, 3.8) is 0 Å². The molecule has 0 aliphatic rings. The van der Waals surface area contributed by atoms with Crippen molar-refractivity contribution in [2.75, 3.05) is 0 Å². The van der Waals surface area contributed by atoms with Crippen LogP contribution in [0.2, 0.25) is 0 Å². The number of rotatable bonds is 7. The summed E-state index contributed by atoms with van der Waals surface area (Å²) in [5.74, 6) is 0.326. The second-order valence-corrected chi connectivity index (χ2v) is 8.24. The van der Waals surface area contributed by atoms with E-state index in [0.29, 0.717) is 18.7 Å². The molecule has 2 aromatic carbocycles. The smallest absolute Gasteiger partial charge is 0.254 e. The number of hydrogen-bond acceptors (Lipinski definition) is 4. The van der Waals surface area contributed by atoms with Gasteiger partial charge in [0.05, 0.1) is 12.2 Å². The lowest BCUT2D eigenvalue weighted by atomic mass is 10.1. The summed E-state index contributed by atoms with van der Waals surface area (Å²) in [5.41, 5.74) is 3.70. The Morgan fingerprint density at radius 1 is 1.14 bits per heavy atom. The molecular formula is C23H25FN2O2S. The monoisotopic (exact) mass is 412 g/mol. The van der Waals surface area contributed by atoms with Crippen molar-refractivity contribution in [3.05, 3.63) is 81.1 Å². The van der Waals surface area contributed by atoms with E-state index in [4.69, 9.17) is 4.74 Å². The average molecular weight is 413 g/mol. The molecule has 6 heteroatoms. The van der Waals surface area contributed by atoms with Crippen LogP contribution in [0.4, 0.5) is 4.39 Å². The maximum Gasteiger partial charge on any atom is 0.254 e. The van der Waals surface area contributed by atoms with Crippen molar-refractivity contribution < 1.29 is 13.9 Å². The minimum atomic E-state index is -0.356. The number of hydrogen-bond donors (Lipinski definition) is 0. The topological polar surface area (TPSA) is 42.4 Å². The molecule has 1 aromatic heterocycles. The fourth-order valence-electron chi connectivity index (χ4n) is 2.86. The molecule has 3 rings (SSSR count). The van der Waals surface area contributed by atoms with Crippen LogP contribution < -0.4 is 4.74 Å².